The van der Waals surface area contributed by atoms with E-state index in [1.807, 2.05) is 26.0 Å². The number of carbonyl (C=O) groups excluding carboxylic acids is 4. The summed E-state index contributed by atoms with van der Waals surface area (Å²) in [4.78, 5) is 51.1. The Morgan fingerprint density at radius 1 is 0.950 bits per heavy atom. The summed E-state index contributed by atoms with van der Waals surface area (Å²) in [6, 6.07) is 15.4. The molecule has 1 saturated heterocycles. The summed E-state index contributed by atoms with van der Waals surface area (Å²) < 4.78 is 7.04. The summed E-state index contributed by atoms with van der Waals surface area (Å²) in [6.45, 7) is 3.34. The highest BCUT2D eigenvalue weighted by atomic mass is 79.9. The first-order valence-corrected chi connectivity index (χ1v) is 14.6. The minimum Gasteiger partial charge on any atom is -0.484 e. The van der Waals surface area contributed by atoms with Gasteiger partial charge in [-0.15, -0.1) is 0 Å². The maximum Gasteiger partial charge on any atom is 0.294 e. The molecule has 1 heterocycles. The van der Waals surface area contributed by atoms with Crippen LogP contribution in [0.4, 0.5) is 16.2 Å². The van der Waals surface area contributed by atoms with Crippen LogP contribution in [0.3, 0.4) is 0 Å². The average Bonchev–Trinajstić information content (AvgIpc) is 3.16. The molecular formula is C28H22Br2ClN3O5S. The van der Waals surface area contributed by atoms with E-state index < -0.39 is 23.6 Å². The summed E-state index contributed by atoms with van der Waals surface area (Å²) in [6.07, 6.45) is 1.56. The lowest BCUT2D eigenvalue weighted by Gasteiger charge is -2.12. The molecule has 8 nitrogen and oxygen atoms in total. The largest absolute Gasteiger partial charge is 0.484 e. The van der Waals surface area contributed by atoms with Crippen LogP contribution in [0, 0.1) is 13.8 Å². The minimum atomic E-state index is -0.562. The van der Waals surface area contributed by atoms with Gasteiger partial charge in [0.2, 0.25) is 5.91 Å². The third kappa shape index (κ3) is 7.54. The molecule has 0 spiro atoms. The number of thioether (sulfide) groups is 1. The van der Waals surface area contributed by atoms with Gasteiger partial charge < -0.3 is 15.4 Å². The van der Waals surface area contributed by atoms with E-state index in [4.69, 9.17) is 16.3 Å². The number of amides is 4. The Labute approximate surface area is 256 Å². The number of hydrogen-bond donors (Lipinski definition) is 2. The van der Waals surface area contributed by atoms with Crippen molar-refractivity contribution in [3.63, 3.8) is 0 Å². The number of benzene rings is 3. The molecule has 0 aromatic heterocycles. The fourth-order valence-electron chi connectivity index (χ4n) is 3.58. The zero-order valence-electron chi connectivity index (χ0n) is 21.2. The first-order chi connectivity index (χ1) is 19.0. The highest BCUT2D eigenvalue weighted by molar-refractivity contribution is 9.11. The standard InChI is InChI=1S/C28H22Br2ClN3O5S/c1-15-9-21(30)23(10-16(15)2)33-26(36)14-39-19-6-3-17(4-7-19)11-24-27(37)34(28(38)40-24)13-25(35)32-18-5-8-20(29)22(31)12-18/h3-12H,13-14H2,1-2H3,(H,32,35)(H,33,36)/b24-11+. The van der Waals surface area contributed by atoms with Crippen LogP contribution in [0.2, 0.25) is 5.02 Å². The average molecular weight is 708 g/mol. The zero-order valence-corrected chi connectivity index (χ0v) is 26.0. The van der Waals surface area contributed by atoms with Crippen LogP contribution in [0.25, 0.3) is 6.08 Å². The van der Waals surface area contributed by atoms with Gasteiger partial charge in [-0.05, 0) is 123 Å². The smallest absolute Gasteiger partial charge is 0.294 e. The molecular weight excluding hydrogens is 686 g/mol. The van der Waals surface area contributed by atoms with Crippen molar-refractivity contribution in [1.29, 1.82) is 0 Å². The molecule has 2 N–H and O–H groups in total. The van der Waals surface area contributed by atoms with Crippen molar-refractivity contribution in [3.05, 3.63) is 90.2 Å². The molecule has 12 heteroatoms. The van der Waals surface area contributed by atoms with Gasteiger partial charge in [-0.3, -0.25) is 24.1 Å². The Kier molecular flexibility index (Phi) is 9.72. The van der Waals surface area contributed by atoms with Crippen LogP contribution in [0.1, 0.15) is 16.7 Å². The van der Waals surface area contributed by atoms with Crippen molar-refractivity contribution in [2.75, 3.05) is 23.8 Å². The number of imide groups is 1. The number of ether oxygens (including phenoxy) is 1. The maximum atomic E-state index is 12.8. The summed E-state index contributed by atoms with van der Waals surface area (Å²) in [5, 5.41) is 5.32. The van der Waals surface area contributed by atoms with Gasteiger partial charge in [-0.1, -0.05) is 23.7 Å². The summed E-state index contributed by atoms with van der Waals surface area (Å²) in [5.41, 5.74) is 3.92. The van der Waals surface area contributed by atoms with Crippen LogP contribution in [0.15, 0.2) is 68.4 Å². The predicted molar refractivity (Wildman–Crippen MR) is 165 cm³/mol. The second kappa shape index (κ2) is 13.0. The van der Waals surface area contributed by atoms with Gasteiger partial charge >= 0.3 is 0 Å². The molecule has 0 unspecified atom stereocenters. The predicted octanol–water partition coefficient (Wildman–Crippen LogP) is 7.17. The lowest BCUT2D eigenvalue weighted by Crippen LogP contribution is -2.36. The molecule has 1 aliphatic rings. The molecule has 0 bridgehead atoms. The van der Waals surface area contributed by atoms with Gasteiger partial charge in [0.1, 0.15) is 12.3 Å². The molecule has 0 radical (unpaired) electrons. The topological polar surface area (TPSA) is 105 Å². The second-order valence-electron chi connectivity index (χ2n) is 8.77. The number of aryl methyl sites for hydroxylation is 2. The van der Waals surface area contributed by atoms with Crippen LogP contribution in [0.5, 0.6) is 5.75 Å². The summed E-state index contributed by atoms with van der Waals surface area (Å²) in [7, 11) is 0. The highest BCUT2D eigenvalue weighted by Crippen LogP contribution is 2.33. The number of nitrogens with one attached hydrogen (secondary N) is 2. The van der Waals surface area contributed by atoms with Crippen molar-refractivity contribution in [2.45, 2.75) is 13.8 Å². The zero-order chi connectivity index (χ0) is 29.0. The van der Waals surface area contributed by atoms with E-state index in [2.05, 4.69) is 42.5 Å². The molecule has 4 amide bonds. The molecule has 40 heavy (non-hydrogen) atoms. The third-order valence-electron chi connectivity index (χ3n) is 5.78. The lowest BCUT2D eigenvalue weighted by atomic mass is 10.1. The number of anilines is 2. The molecule has 206 valence electrons. The quantitative estimate of drug-likeness (QED) is 0.241. The summed E-state index contributed by atoms with van der Waals surface area (Å²) >= 11 is 13.5. The SMILES string of the molecule is Cc1cc(Br)c(NC(=O)COc2ccc(/C=C3/SC(=O)N(CC(=O)Nc4ccc(Br)c(Cl)c4)C3=O)cc2)cc1C. The summed E-state index contributed by atoms with van der Waals surface area (Å²) in [5.74, 6) is -0.941. The van der Waals surface area contributed by atoms with Crippen LogP contribution < -0.4 is 15.4 Å². The monoisotopic (exact) mass is 705 g/mol. The van der Waals surface area contributed by atoms with E-state index in [1.165, 1.54) is 0 Å². The first kappa shape index (κ1) is 29.9. The van der Waals surface area contributed by atoms with Crippen molar-refractivity contribution in [3.8, 4) is 5.75 Å². The molecule has 1 aliphatic heterocycles. The maximum absolute atomic E-state index is 12.8. The Hall–Kier alpha value is -3.12. The normalized spacial score (nSPS) is 14.0. The number of rotatable bonds is 8. The van der Waals surface area contributed by atoms with Crippen molar-refractivity contribution in [1.82, 2.24) is 4.90 Å². The van der Waals surface area contributed by atoms with Crippen molar-refractivity contribution < 1.29 is 23.9 Å². The second-order valence-corrected chi connectivity index (χ2v) is 11.9. The Bertz CT molecular complexity index is 1550. The molecule has 1 fully saturated rings. The highest BCUT2D eigenvalue weighted by Gasteiger charge is 2.36. The van der Waals surface area contributed by atoms with Gasteiger partial charge in [0.15, 0.2) is 6.61 Å². The van der Waals surface area contributed by atoms with Gasteiger partial charge in [-0.2, -0.15) is 0 Å². The number of carbonyl (C=O) groups is 4. The van der Waals surface area contributed by atoms with E-state index in [0.717, 1.165) is 32.3 Å². The molecule has 4 rings (SSSR count). The fraction of sp³-hybridized carbons (Fsp3) is 0.143. The number of nitrogens with zero attached hydrogens (tertiary/aromatic N) is 1. The molecule has 3 aromatic carbocycles. The van der Waals surface area contributed by atoms with Crippen LogP contribution >= 0.6 is 55.2 Å². The van der Waals surface area contributed by atoms with E-state index in [9.17, 15) is 19.2 Å². The third-order valence-corrected chi connectivity index (χ3v) is 8.58. The molecule has 3 aromatic rings. The lowest BCUT2D eigenvalue weighted by molar-refractivity contribution is -0.127. The molecule has 0 atom stereocenters. The Morgan fingerprint density at radius 2 is 1.65 bits per heavy atom. The minimum absolute atomic E-state index is 0.188. The Morgan fingerprint density at radius 3 is 2.35 bits per heavy atom. The molecule has 0 aliphatic carbocycles. The van der Waals surface area contributed by atoms with Crippen molar-refractivity contribution in [2.24, 2.45) is 0 Å². The van der Waals surface area contributed by atoms with E-state index in [0.29, 0.717) is 32.2 Å². The van der Waals surface area contributed by atoms with Gasteiger partial charge in [0.05, 0.1) is 15.6 Å². The van der Waals surface area contributed by atoms with E-state index in [1.54, 1.807) is 48.5 Å². The molecule has 0 saturated carbocycles. The number of halogens is 3. The van der Waals surface area contributed by atoms with Gasteiger partial charge in [0, 0.05) is 14.6 Å². The van der Waals surface area contributed by atoms with Gasteiger partial charge in [-0.25, -0.2) is 0 Å². The first-order valence-electron chi connectivity index (χ1n) is 11.8. The van der Waals surface area contributed by atoms with E-state index in [-0.39, 0.29) is 17.4 Å². The Balaban J connectivity index is 1.31. The number of hydrogen-bond acceptors (Lipinski definition) is 6. The van der Waals surface area contributed by atoms with Crippen molar-refractivity contribution >= 4 is 95.6 Å². The van der Waals surface area contributed by atoms with Crippen LogP contribution in [-0.4, -0.2) is 41.0 Å². The van der Waals surface area contributed by atoms with E-state index >= 15 is 0 Å². The van der Waals surface area contributed by atoms with Gasteiger partial charge in [0.25, 0.3) is 17.1 Å². The van der Waals surface area contributed by atoms with Crippen LogP contribution in [-0.2, 0) is 14.4 Å². The fourth-order valence-corrected chi connectivity index (χ4v) is 5.40.